The Hall–Kier alpha value is -1.55. The predicted molar refractivity (Wildman–Crippen MR) is 70.6 cm³/mol. The third kappa shape index (κ3) is 2.48. The van der Waals surface area contributed by atoms with Gasteiger partial charge in [0.05, 0.1) is 10.7 Å². The van der Waals surface area contributed by atoms with E-state index in [0.717, 1.165) is 24.1 Å². The van der Waals surface area contributed by atoms with Crippen LogP contribution in [0.25, 0.3) is 0 Å². The van der Waals surface area contributed by atoms with Crippen LogP contribution in [-0.2, 0) is 22.6 Å². The van der Waals surface area contributed by atoms with Crippen molar-refractivity contribution in [1.29, 1.82) is 0 Å². The van der Waals surface area contributed by atoms with Crippen LogP contribution < -0.4 is 5.32 Å². The van der Waals surface area contributed by atoms with E-state index < -0.39 is 0 Å². The molecule has 0 saturated heterocycles. The predicted octanol–water partition coefficient (Wildman–Crippen LogP) is 2.20. The van der Waals surface area contributed by atoms with Crippen molar-refractivity contribution in [3.63, 3.8) is 0 Å². The number of benzene rings is 1. The lowest BCUT2D eigenvalue weighted by atomic mass is 9.99. The Kier molecular flexibility index (Phi) is 3.57. The fraction of sp³-hybridized carbons (Fsp3) is 0.385. The van der Waals surface area contributed by atoms with Gasteiger partial charge in [0.1, 0.15) is 0 Å². The molecule has 0 radical (unpaired) electrons. The molecule has 0 fully saturated rings. The van der Waals surface area contributed by atoms with Crippen LogP contribution in [0, 0.1) is 0 Å². The molecule has 18 heavy (non-hydrogen) atoms. The lowest BCUT2D eigenvalue weighted by Crippen LogP contribution is -2.34. The molecule has 1 N–H and O–H groups in total. The molecule has 0 aliphatic carbocycles. The van der Waals surface area contributed by atoms with Crippen molar-refractivity contribution in [3.05, 3.63) is 28.3 Å². The summed E-state index contributed by atoms with van der Waals surface area (Å²) in [6, 6.07) is 3.77. The molecule has 0 saturated carbocycles. The van der Waals surface area contributed by atoms with E-state index >= 15 is 0 Å². The SMILES string of the molecule is CC(=O)Nc1ccc2c(c1Cl)CN(C(C)=O)CC2. The fourth-order valence-electron chi connectivity index (χ4n) is 2.15. The number of carbonyl (C=O) groups excluding carboxylic acids is 2. The van der Waals surface area contributed by atoms with Crippen molar-refractivity contribution in [3.8, 4) is 0 Å². The van der Waals surface area contributed by atoms with Gasteiger partial charge in [-0.25, -0.2) is 0 Å². The number of nitrogens with zero attached hydrogens (tertiary/aromatic N) is 1. The number of hydrogen-bond donors (Lipinski definition) is 1. The van der Waals surface area contributed by atoms with Crippen LogP contribution in [0.5, 0.6) is 0 Å². The first-order chi connectivity index (χ1) is 8.49. The number of fused-ring (bicyclic) bond motifs is 1. The van der Waals surface area contributed by atoms with Gasteiger partial charge in [-0.05, 0) is 23.6 Å². The van der Waals surface area contributed by atoms with Gasteiger partial charge in [-0.15, -0.1) is 0 Å². The van der Waals surface area contributed by atoms with E-state index in [2.05, 4.69) is 5.32 Å². The zero-order valence-corrected chi connectivity index (χ0v) is 11.2. The van der Waals surface area contributed by atoms with Crippen LogP contribution in [-0.4, -0.2) is 23.3 Å². The number of hydrogen-bond acceptors (Lipinski definition) is 2. The van der Waals surface area contributed by atoms with Crippen LogP contribution in [0.15, 0.2) is 12.1 Å². The number of nitrogens with one attached hydrogen (secondary N) is 1. The first kappa shape index (κ1) is 12.9. The largest absolute Gasteiger partial charge is 0.338 e. The molecule has 0 aromatic heterocycles. The molecule has 1 aromatic carbocycles. The highest BCUT2D eigenvalue weighted by atomic mass is 35.5. The summed E-state index contributed by atoms with van der Waals surface area (Å²) in [4.78, 5) is 24.2. The second kappa shape index (κ2) is 4.98. The van der Waals surface area contributed by atoms with E-state index in [1.165, 1.54) is 6.92 Å². The van der Waals surface area contributed by atoms with Gasteiger partial charge in [0.2, 0.25) is 11.8 Å². The van der Waals surface area contributed by atoms with Gasteiger partial charge < -0.3 is 10.2 Å². The van der Waals surface area contributed by atoms with Gasteiger partial charge in [-0.1, -0.05) is 17.7 Å². The lowest BCUT2D eigenvalue weighted by Gasteiger charge is -2.29. The van der Waals surface area contributed by atoms with Crippen LogP contribution in [0.1, 0.15) is 25.0 Å². The summed E-state index contributed by atoms with van der Waals surface area (Å²) in [5.41, 5.74) is 2.68. The maximum absolute atomic E-state index is 11.4. The van der Waals surface area contributed by atoms with Gasteiger partial charge in [-0.3, -0.25) is 9.59 Å². The highest BCUT2D eigenvalue weighted by Gasteiger charge is 2.21. The van der Waals surface area contributed by atoms with Gasteiger partial charge in [0.15, 0.2) is 0 Å². The molecule has 0 atom stereocenters. The Morgan fingerprint density at radius 2 is 2.06 bits per heavy atom. The first-order valence-electron chi connectivity index (χ1n) is 5.82. The molecule has 4 nitrogen and oxygen atoms in total. The molecule has 0 bridgehead atoms. The second-order valence-electron chi connectivity index (χ2n) is 4.44. The van der Waals surface area contributed by atoms with Crippen molar-refractivity contribution in [2.75, 3.05) is 11.9 Å². The van der Waals surface area contributed by atoms with Gasteiger partial charge in [0.25, 0.3) is 0 Å². The number of rotatable bonds is 1. The Balaban J connectivity index is 2.35. The Bertz CT molecular complexity index is 514. The molecule has 1 aromatic rings. The maximum atomic E-state index is 11.4. The maximum Gasteiger partial charge on any atom is 0.221 e. The van der Waals surface area contributed by atoms with Crippen LogP contribution in [0.4, 0.5) is 5.69 Å². The second-order valence-corrected chi connectivity index (χ2v) is 4.81. The Morgan fingerprint density at radius 3 is 2.67 bits per heavy atom. The van der Waals surface area contributed by atoms with Crippen LogP contribution >= 0.6 is 11.6 Å². The molecule has 0 unspecified atom stereocenters. The quantitative estimate of drug-likeness (QED) is 0.847. The minimum Gasteiger partial charge on any atom is -0.338 e. The minimum atomic E-state index is -0.156. The smallest absolute Gasteiger partial charge is 0.221 e. The minimum absolute atomic E-state index is 0.0432. The summed E-state index contributed by atoms with van der Waals surface area (Å²) in [5.74, 6) is -0.113. The molecule has 1 heterocycles. The van der Waals surface area contributed by atoms with E-state index in [9.17, 15) is 9.59 Å². The number of amides is 2. The molecule has 2 amide bonds. The third-order valence-electron chi connectivity index (χ3n) is 3.10. The molecule has 1 aliphatic rings. The molecule has 5 heteroatoms. The number of carbonyl (C=O) groups is 2. The summed E-state index contributed by atoms with van der Waals surface area (Å²) in [6.07, 6.45) is 0.801. The zero-order valence-electron chi connectivity index (χ0n) is 10.4. The summed E-state index contributed by atoms with van der Waals surface area (Å²) < 4.78 is 0. The third-order valence-corrected chi connectivity index (χ3v) is 3.53. The van der Waals surface area contributed by atoms with E-state index in [0.29, 0.717) is 17.3 Å². The Labute approximate surface area is 111 Å². The van der Waals surface area contributed by atoms with E-state index in [4.69, 9.17) is 11.6 Å². The summed E-state index contributed by atoms with van der Waals surface area (Å²) in [5, 5.41) is 3.23. The summed E-state index contributed by atoms with van der Waals surface area (Å²) in [6.45, 7) is 4.23. The van der Waals surface area contributed by atoms with Crippen molar-refractivity contribution in [1.82, 2.24) is 4.90 Å². The molecule has 1 aliphatic heterocycles. The standard InChI is InChI=1S/C13H15ClN2O2/c1-8(17)15-12-4-3-10-5-6-16(9(2)18)7-11(10)13(12)14/h3-4H,5-7H2,1-2H3,(H,15,17). The van der Waals surface area contributed by atoms with Gasteiger partial charge in [0, 0.05) is 26.9 Å². The molecular formula is C13H15ClN2O2. The highest BCUT2D eigenvalue weighted by Crippen LogP contribution is 2.32. The lowest BCUT2D eigenvalue weighted by molar-refractivity contribution is -0.129. The average Bonchev–Trinajstić information content (AvgIpc) is 2.32. The topological polar surface area (TPSA) is 49.4 Å². The van der Waals surface area contributed by atoms with Crippen LogP contribution in [0.3, 0.4) is 0 Å². The van der Waals surface area contributed by atoms with Crippen molar-refractivity contribution in [2.45, 2.75) is 26.8 Å². The normalized spacial score (nSPS) is 14.1. The van der Waals surface area contributed by atoms with E-state index in [1.54, 1.807) is 11.8 Å². The van der Waals surface area contributed by atoms with Gasteiger partial charge in [-0.2, -0.15) is 0 Å². The summed E-state index contributed by atoms with van der Waals surface area (Å²) >= 11 is 6.29. The monoisotopic (exact) mass is 266 g/mol. The highest BCUT2D eigenvalue weighted by molar-refractivity contribution is 6.34. The Morgan fingerprint density at radius 1 is 1.33 bits per heavy atom. The summed E-state index contributed by atoms with van der Waals surface area (Å²) in [7, 11) is 0. The van der Waals surface area contributed by atoms with E-state index in [1.807, 2.05) is 12.1 Å². The van der Waals surface area contributed by atoms with Gasteiger partial charge >= 0.3 is 0 Å². The van der Waals surface area contributed by atoms with E-state index in [-0.39, 0.29) is 11.8 Å². The first-order valence-corrected chi connectivity index (χ1v) is 6.20. The molecule has 96 valence electrons. The zero-order chi connectivity index (χ0) is 13.3. The van der Waals surface area contributed by atoms with Crippen LogP contribution in [0.2, 0.25) is 5.02 Å². The molecule has 2 rings (SSSR count). The molecule has 0 spiro atoms. The molecular weight excluding hydrogens is 252 g/mol. The number of halogens is 1. The average molecular weight is 267 g/mol. The fourth-order valence-corrected chi connectivity index (χ4v) is 2.44. The van der Waals surface area contributed by atoms with Crippen molar-refractivity contribution in [2.24, 2.45) is 0 Å². The van der Waals surface area contributed by atoms with Crippen molar-refractivity contribution >= 4 is 29.1 Å². The number of anilines is 1. The van der Waals surface area contributed by atoms with Crippen molar-refractivity contribution < 1.29 is 9.59 Å².